The van der Waals surface area contributed by atoms with Crippen molar-refractivity contribution in [3.05, 3.63) is 59.2 Å². The van der Waals surface area contributed by atoms with Crippen LogP contribution in [0.5, 0.6) is 5.75 Å². The van der Waals surface area contributed by atoms with Gasteiger partial charge in [-0.2, -0.15) is 0 Å². The fourth-order valence-electron chi connectivity index (χ4n) is 2.83. The zero-order valence-corrected chi connectivity index (χ0v) is 12.6. The summed E-state index contributed by atoms with van der Waals surface area (Å²) in [5, 5.41) is 2.90. The van der Waals surface area contributed by atoms with Crippen LogP contribution in [-0.4, -0.2) is 19.1 Å². The lowest BCUT2D eigenvalue weighted by Gasteiger charge is -2.21. The number of hydrogen-bond donors (Lipinski definition) is 2. The van der Waals surface area contributed by atoms with E-state index in [2.05, 4.69) is 5.32 Å². The molecule has 0 fully saturated rings. The SMILES string of the molecule is COc1cccc(NC(=O)c2ccc3c(c2)CC[C@@H](N)C3)c1. The number of anilines is 1. The van der Waals surface area contributed by atoms with Crippen LogP contribution in [0.1, 0.15) is 27.9 Å². The van der Waals surface area contributed by atoms with Gasteiger partial charge in [0.15, 0.2) is 0 Å². The summed E-state index contributed by atoms with van der Waals surface area (Å²) in [6.07, 6.45) is 2.82. The molecule has 1 aliphatic rings. The molecular formula is C18H20N2O2. The van der Waals surface area contributed by atoms with Crippen LogP contribution in [0.4, 0.5) is 5.69 Å². The van der Waals surface area contributed by atoms with Gasteiger partial charge in [0.2, 0.25) is 0 Å². The number of nitrogens with two attached hydrogens (primary N) is 1. The summed E-state index contributed by atoms with van der Waals surface area (Å²) in [6, 6.07) is 13.5. The van der Waals surface area contributed by atoms with E-state index >= 15 is 0 Å². The molecule has 1 atom stereocenters. The van der Waals surface area contributed by atoms with Crippen LogP contribution in [0.25, 0.3) is 0 Å². The van der Waals surface area contributed by atoms with Gasteiger partial charge in [-0.1, -0.05) is 12.1 Å². The molecule has 0 aliphatic heterocycles. The Morgan fingerprint density at radius 1 is 1.23 bits per heavy atom. The van der Waals surface area contributed by atoms with Crippen molar-refractivity contribution >= 4 is 11.6 Å². The van der Waals surface area contributed by atoms with Gasteiger partial charge in [-0.05, 0) is 54.7 Å². The maximum absolute atomic E-state index is 12.4. The molecule has 3 N–H and O–H groups in total. The highest BCUT2D eigenvalue weighted by Crippen LogP contribution is 2.23. The number of benzene rings is 2. The monoisotopic (exact) mass is 296 g/mol. The molecule has 1 aliphatic carbocycles. The first-order valence-corrected chi connectivity index (χ1v) is 7.48. The quantitative estimate of drug-likeness (QED) is 0.915. The largest absolute Gasteiger partial charge is 0.497 e. The second-order valence-corrected chi connectivity index (χ2v) is 5.67. The van der Waals surface area contributed by atoms with Crippen molar-refractivity contribution in [2.75, 3.05) is 12.4 Å². The van der Waals surface area contributed by atoms with E-state index in [-0.39, 0.29) is 11.9 Å². The number of ether oxygens (including phenoxy) is 1. The summed E-state index contributed by atoms with van der Waals surface area (Å²) >= 11 is 0. The molecule has 4 heteroatoms. The Morgan fingerprint density at radius 2 is 2.09 bits per heavy atom. The van der Waals surface area contributed by atoms with E-state index in [9.17, 15) is 4.79 Å². The molecule has 0 saturated carbocycles. The minimum atomic E-state index is -0.106. The summed E-state index contributed by atoms with van der Waals surface area (Å²) in [5.41, 5.74) is 9.89. The molecule has 0 unspecified atom stereocenters. The van der Waals surface area contributed by atoms with Gasteiger partial charge in [0.25, 0.3) is 5.91 Å². The van der Waals surface area contributed by atoms with Gasteiger partial charge >= 0.3 is 0 Å². The minimum absolute atomic E-state index is 0.106. The lowest BCUT2D eigenvalue weighted by molar-refractivity contribution is 0.102. The molecule has 0 aromatic heterocycles. The van der Waals surface area contributed by atoms with E-state index in [1.54, 1.807) is 13.2 Å². The lowest BCUT2D eigenvalue weighted by Crippen LogP contribution is -2.28. The molecule has 114 valence electrons. The van der Waals surface area contributed by atoms with Gasteiger partial charge in [0.1, 0.15) is 5.75 Å². The van der Waals surface area contributed by atoms with Gasteiger partial charge in [0, 0.05) is 23.4 Å². The number of amides is 1. The van der Waals surface area contributed by atoms with Crippen LogP contribution in [0.15, 0.2) is 42.5 Å². The van der Waals surface area contributed by atoms with Crippen molar-refractivity contribution in [3.8, 4) is 5.75 Å². The first kappa shape index (κ1) is 14.6. The molecular weight excluding hydrogens is 276 g/mol. The molecule has 0 radical (unpaired) electrons. The molecule has 3 rings (SSSR count). The van der Waals surface area contributed by atoms with E-state index in [1.807, 2.05) is 36.4 Å². The first-order chi connectivity index (χ1) is 10.7. The van der Waals surface area contributed by atoms with Crippen molar-refractivity contribution in [1.82, 2.24) is 0 Å². The second kappa shape index (κ2) is 6.20. The van der Waals surface area contributed by atoms with Crippen molar-refractivity contribution in [2.45, 2.75) is 25.3 Å². The Labute approximate surface area is 130 Å². The molecule has 0 spiro atoms. The Bertz CT molecular complexity index is 697. The normalized spacial score (nSPS) is 16.7. The molecule has 0 saturated heterocycles. The van der Waals surface area contributed by atoms with Gasteiger partial charge in [0.05, 0.1) is 7.11 Å². The summed E-state index contributed by atoms with van der Waals surface area (Å²) in [7, 11) is 1.61. The highest BCUT2D eigenvalue weighted by atomic mass is 16.5. The fourth-order valence-corrected chi connectivity index (χ4v) is 2.83. The van der Waals surface area contributed by atoms with Crippen molar-refractivity contribution in [3.63, 3.8) is 0 Å². The molecule has 2 aromatic carbocycles. The maximum atomic E-state index is 12.4. The van der Waals surface area contributed by atoms with E-state index in [1.165, 1.54) is 11.1 Å². The third kappa shape index (κ3) is 3.12. The van der Waals surface area contributed by atoms with Crippen LogP contribution in [0.3, 0.4) is 0 Å². The lowest BCUT2D eigenvalue weighted by atomic mass is 9.87. The molecule has 2 aromatic rings. The minimum Gasteiger partial charge on any atom is -0.497 e. The summed E-state index contributed by atoms with van der Waals surface area (Å²) < 4.78 is 5.16. The molecule has 4 nitrogen and oxygen atoms in total. The number of hydrogen-bond acceptors (Lipinski definition) is 3. The number of nitrogens with one attached hydrogen (secondary N) is 1. The van der Waals surface area contributed by atoms with Crippen LogP contribution in [0.2, 0.25) is 0 Å². The number of carbonyl (C=O) groups is 1. The fraction of sp³-hybridized carbons (Fsp3) is 0.278. The second-order valence-electron chi connectivity index (χ2n) is 5.67. The maximum Gasteiger partial charge on any atom is 0.255 e. The van der Waals surface area contributed by atoms with Crippen molar-refractivity contribution in [1.29, 1.82) is 0 Å². The highest BCUT2D eigenvalue weighted by molar-refractivity contribution is 6.04. The van der Waals surface area contributed by atoms with Crippen LogP contribution in [-0.2, 0) is 12.8 Å². The van der Waals surface area contributed by atoms with Crippen LogP contribution < -0.4 is 15.8 Å². The molecule has 0 heterocycles. The average molecular weight is 296 g/mol. The van der Waals surface area contributed by atoms with Crippen molar-refractivity contribution in [2.24, 2.45) is 5.73 Å². The summed E-state index contributed by atoms with van der Waals surface area (Å²) in [6.45, 7) is 0. The highest BCUT2D eigenvalue weighted by Gasteiger charge is 2.17. The Morgan fingerprint density at radius 3 is 2.91 bits per heavy atom. The zero-order valence-electron chi connectivity index (χ0n) is 12.6. The van der Waals surface area contributed by atoms with E-state index in [0.29, 0.717) is 5.56 Å². The number of fused-ring (bicyclic) bond motifs is 1. The smallest absolute Gasteiger partial charge is 0.255 e. The Hall–Kier alpha value is -2.33. The van der Waals surface area contributed by atoms with E-state index < -0.39 is 0 Å². The molecule has 0 bridgehead atoms. The van der Waals surface area contributed by atoms with Crippen molar-refractivity contribution < 1.29 is 9.53 Å². The zero-order chi connectivity index (χ0) is 15.5. The van der Waals surface area contributed by atoms with Crippen LogP contribution >= 0.6 is 0 Å². The topological polar surface area (TPSA) is 64.3 Å². The average Bonchev–Trinajstić information content (AvgIpc) is 2.54. The van der Waals surface area contributed by atoms with Gasteiger partial charge in [-0.25, -0.2) is 0 Å². The predicted octanol–water partition coefficient (Wildman–Crippen LogP) is 2.76. The summed E-state index contributed by atoms with van der Waals surface area (Å²) in [5.74, 6) is 0.614. The number of methoxy groups -OCH3 is 1. The first-order valence-electron chi connectivity index (χ1n) is 7.48. The van der Waals surface area contributed by atoms with Gasteiger partial charge in [-0.3, -0.25) is 4.79 Å². The Balaban J connectivity index is 1.77. The number of carbonyl (C=O) groups excluding carboxylic acids is 1. The number of rotatable bonds is 3. The van der Waals surface area contributed by atoms with Gasteiger partial charge in [-0.15, -0.1) is 0 Å². The van der Waals surface area contributed by atoms with E-state index in [0.717, 1.165) is 30.7 Å². The third-order valence-corrected chi connectivity index (χ3v) is 4.06. The standard InChI is InChI=1S/C18H20N2O2/c1-22-17-4-2-3-16(11-17)20-18(21)14-6-5-13-10-15(19)8-7-12(13)9-14/h2-6,9,11,15H,7-8,10,19H2,1H3,(H,20,21)/t15-/m1/s1. The number of aryl methyl sites for hydroxylation is 1. The van der Waals surface area contributed by atoms with Gasteiger partial charge < -0.3 is 15.8 Å². The summed E-state index contributed by atoms with van der Waals surface area (Å²) in [4.78, 5) is 12.4. The van der Waals surface area contributed by atoms with E-state index in [4.69, 9.17) is 10.5 Å². The Kier molecular flexibility index (Phi) is 4.11. The third-order valence-electron chi connectivity index (χ3n) is 4.06. The molecule has 1 amide bonds. The van der Waals surface area contributed by atoms with Crippen LogP contribution in [0, 0.1) is 0 Å². The molecule has 22 heavy (non-hydrogen) atoms. The predicted molar refractivity (Wildman–Crippen MR) is 87.4 cm³/mol.